The first-order chi connectivity index (χ1) is 19.6. The number of hydrogen-bond donors (Lipinski definition) is 1. The minimum absolute atomic E-state index is 0.00192. The number of carboxylic acid groups (broad SMARTS) is 1. The number of alkyl halides is 3. The van der Waals surface area contributed by atoms with E-state index in [1.54, 1.807) is 41.7 Å². The van der Waals surface area contributed by atoms with Crippen molar-refractivity contribution in [3.63, 3.8) is 0 Å². The second-order valence-corrected chi connectivity index (χ2v) is 12.6. The molecule has 8 rings (SSSR count). The molecule has 0 amide bonds. The highest BCUT2D eigenvalue weighted by molar-refractivity contribution is 7.18. The van der Waals surface area contributed by atoms with Gasteiger partial charge in [-0.05, 0) is 87.1 Å². The largest absolute Gasteiger partial charge is 0.573 e. The fourth-order valence-electron chi connectivity index (χ4n) is 6.51. The smallest absolute Gasteiger partial charge is 0.478 e. The number of hydrogen-bond acceptors (Lipinski definition) is 6. The van der Waals surface area contributed by atoms with Crippen LogP contribution in [0.1, 0.15) is 84.0 Å². The maximum absolute atomic E-state index is 13.1. The van der Waals surface area contributed by atoms with Crippen molar-refractivity contribution >= 4 is 33.6 Å². The summed E-state index contributed by atoms with van der Waals surface area (Å²) in [4.78, 5) is 16.3. The van der Waals surface area contributed by atoms with Crippen LogP contribution < -0.4 is 4.74 Å². The molecule has 0 radical (unpaired) electrons. The Morgan fingerprint density at radius 3 is 2.49 bits per heavy atom. The average Bonchev–Trinajstić information content (AvgIpc) is 3.56. The number of carbonyl (C=O) groups is 1. The van der Waals surface area contributed by atoms with Crippen LogP contribution >= 0.6 is 11.3 Å². The van der Waals surface area contributed by atoms with Gasteiger partial charge in [-0.25, -0.2) is 9.78 Å². The number of carboxylic acids is 1. The Hall–Kier alpha value is -3.66. The molecule has 2 bridgehead atoms. The van der Waals surface area contributed by atoms with Crippen molar-refractivity contribution in [2.75, 3.05) is 0 Å². The number of allylic oxidation sites excluding steroid dienone is 1. The lowest BCUT2D eigenvalue weighted by Gasteiger charge is -2.51. The summed E-state index contributed by atoms with van der Waals surface area (Å²) in [6, 6.07) is 11.2. The van der Waals surface area contributed by atoms with Gasteiger partial charge in [-0.15, -0.1) is 24.5 Å². The van der Waals surface area contributed by atoms with Crippen LogP contribution in [0.25, 0.3) is 27.6 Å². The van der Waals surface area contributed by atoms with Gasteiger partial charge >= 0.3 is 12.3 Å². The van der Waals surface area contributed by atoms with E-state index in [0.29, 0.717) is 5.69 Å². The number of ether oxygens (including phenoxy) is 1. The lowest BCUT2D eigenvalue weighted by molar-refractivity contribution is -0.274. The molecule has 2 heterocycles. The number of rotatable bonds is 7. The van der Waals surface area contributed by atoms with Gasteiger partial charge in [-0.1, -0.05) is 29.4 Å². The van der Waals surface area contributed by atoms with Crippen LogP contribution in [0.2, 0.25) is 0 Å². The highest BCUT2D eigenvalue weighted by Gasteiger charge is 2.50. The lowest BCUT2D eigenvalue weighted by atomic mass is 9.54. The Morgan fingerprint density at radius 1 is 1.07 bits per heavy atom. The third-order valence-electron chi connectivity index (χ3n) is 9.07. The zero-order valence-electron chi connectivity index (χ0n) is 22.0. The van der Waals surface area contributed by atoms with E-state index in [-0.39, 0.29) is 33.6 Å². The molecule has 0 saturated heterocycles. The number of aromatic nitrogens is 2. The third kappa shape index (κ3) is 4.81. The fourth-order valence-corrected chi connectivity index (χ4v) is 7.79. The SMILES string of the molecule is O=C(O)c1ccc2nc(C34CCC(C=Cc5c(-c6ccccc6OC(F)(F)F)noc5C5CC5)(CC3)CC4)sc2c1. The van der Waals surface area contributed by atoms with Crippen LogP contribution in [-0.4, -0.2) is 27.6 Å². The summed E-state index contributed by atoms with van der Waals surface area (Å²) in [5, 5.41) is 14.7. The van der Waals surface area contributed by atoms with Crippen molar-refractivity contribution in [1.82, 2.24) is 10.1 Å². The molecule has 4 aromatic rings. The van der Waals surface area contributed by atoms with Crippen LogP contribution in [-0.2, 0) is 5.41 Å². The van der Waals surface area contributed by atoms with Crippen molar-refractivity contribution in [3.05, 3.63) is 70.4 Å². The highest BCUT2D eigenvalue weighted by Crippen LogP contribution is 2.59. The zero-order chi connectivity index (χ0) is 28.4. The molecule has 0 unspecified atom stereocenters. The molecular weight excluding hydrogens is 553 g/mol. The van der Waals surface area contributed by atoms with Gasteiger partial charge in [-0.3, -0.25) is 0 Å². The van der Waals surface area contributed by atoms with Gasteiger partial charge in [0.2, 0.25) is 0 Å². The molecule has 1 N–H and O–H groups in total. The monoisotopic (exact) mass is 580 g/mol. The van der Waals surface area contributed by atoms with Gasteiger partial charge in [0.25, 0.3) is 0 Å². The minimum atomic E-state index is -4.81. The molecule has 10 heteroatoms. The number of para-hydroxylation sites is 1. The van der Waals surface area contributed by atoms with Crippen molar-refractivity contribution in [2.45, 2.75) is 69.1 Å². The van der Waals surface area contributed by atoms with Crippen molar-refractivity contribution in [1.29, 1.82) is 0 Å². The standard InChI is InChI=1S/C31H27F3N2O4S/c32-31(33,34)39-23-4-2-1-3-20(23)25-21(26(40-36-25)18-5-6-18)9-10-29-11-14-30(15-12-29,16-13-29)28-35-22-8-7-19(27(37)38)17-24(22)41-28/h1-4,7-10,17-18H,5-6,11-16H2,(H,37,38). The van der Waals surface area contributed by atoms with E-state index in [9.17, 15) is 23.1 Å². The molecule has 6 nitrogen and oxygen atoms in total. The predicted octanol–water partition coefficient (Wildman–Crippen LogP) is 8.73. The lowest BCUT2D eigenvalue weighted by Crippen LogP contribution is -2.43. The molecule has 0 aliphatic heterocycles. The molecule has 41 heavy (non-hydrogen) atoms. The Balaban J connectivity index is 1.16. The first-order valence-electron chi connectivity index (χ1n) is 13.8. The summed E-state index contributed by atoms with van der Waals surface area (Å²) in [5.74, 6) is -0.278. The van der Waals surface area contributed by atoms with Crippen LogP contribution in [0.3, 0.4) is 0 Å². The van der Waals surface area contributed by atoms with Gasteiger partial charge in [0.05, 0.1) is 20.8 Å². The summed E-state index contributed by atoms with van der Waals surface area (Å²) < 4.78 is 50.3. The molecule has 0 spiro atoms. The van der Waals surface area contributed by atoms with Crippen molar-refractivity contribution in [2.24, 2.45) is 5.41 Å². The van der Waals surface area contributed by atoms with Gasteiger partial charge in [0.1, 0.15) is 17.2 Å². The summed E-state index contributed by atoms with van der Waals surface area (Å²) in [5.41, 5.74) is 2.47. The molecular formula is C31H27F3N2O4S. The first kappa shape index (κ1) is 26.3. The van der Waals surface area contributed by atoms with Crippen molar-refractivity contribution < 1.29 is 32.3 Å². The molecule has 4 fully saturated rings. The fraction of sp³-hybridized carbons (Fsp3) is 0.387. The van der Waals surface area contributed by atoms with Crippen molar-refractivity contribution in [3.8, 4) is 17.0 Å². The maximum Gasteiger partial charge on any atom is 0.573 e. The number of thiazole rings is 1. The molecule has 4 aliphatic carbocycles. The van der Waals surface area contributed by atoms with Gasteiger partial charge in [0, 0.05) is 22.5 Å². The topological polar surface area (TPSA) is 85.5 Å². The van der Waals surface area contributed by atoms with Gasteiger partial charge < -0.3 is 14.4 Å². The number of nitrogens with zero attached hydrogens (tertiary/aromatic N) is 2. The number of fused-ring (bicyclic) bond motifs is 4. The summed E-state index contributed by atoms with van der Waals surface area (Å²) in [7, 11) is 0. The zero-order valence-corrected chi connectivity index (χ0v) is 22.9. The highest BCUT2D eigenvalue weighted by atomic mass is 32.1. The number of halogens is 3. The van der Waals surface area contributed by atoms with Crippen LogP contribution in [0, 0.1) is 5.41 Å². The van der Waals surface area contributed by atoms with E-state index in [2.05, 4.69) is 16.0 Å². The molecule has 212 valence electrons. The predicted molar refractivity (Wildman–Crippen MR) is 148 cm³/mol. The normalized spacial score (nSPS) is 24.4. The second kappa shape index (κ2) is 9.44. The average molecular weight is 581 g/mol. The Labute approximate surface area is 237 Å². The number of aromatic carboxylic acids is 1. The summed E-state index contributed by atoms with van der Waals surface area (Å²) >= 11 is 1.61. The van der Waals surface area contributed by atoms with E-state index >= 15 is 0 Å². The number of benzene rings is 2. The minimum Gasteiger partial charge on any atom is -0.478 e. The van der Waals surface area contributed by atoms with Crippen LogP contribution in [0.5, 0.6) is 5.75 Å². The maximum atomic E-state index is 13.1. The molecule has 4 aliphatic rings. The van der Waals surface area contributed by atoms with Crippen LogP contribution in [0.4, 0.5) is 13.2 Å². The molecule has 4 saturated carbocycles. The summed E-state index contributed by atoms with van der Waals surface area (Å²) in [6.07, 6.45) is 7.28. The molecule has 0 atom stereocenters. The third-order valence-corrected chi connectivity index (χ3v) is 10.3. The molecule has 2 aromatic heterocycles. The molecule has 2 aromatic carbocycles. The van der Waals surface area contributed by atoms with Gasteiger partial charge in [0.15, 0.2) is 0 Å². The van der Waals surface area contributed by atoms with Gasteiger partial charge in [-0.2, -0.15) is 0 Å². The Morgan fingerprint density at radius 2 is 1.80 bits per heavy atom. The quantitative estimate of drug-likeness (QED) is 0.235. The van der Waals surface area contributed by atoms with E-state index < -0.39 is 12.3 Å². The van der Waals surface area contributed by atoms with E-state index in [4.69, 9.17) is 9.51 Å². The van der Waals surface area contributed by atoms with E-state index in [0.717, 1.165) is 77.9 Å². The second-order valence-electron chi connectivity index (χ2n) is 11.6. The summed E-state index contributed by atoms with van der Waals surface area (Å²) in [6.45, 7) is 0. The Bertz CT molecular complexity index is 1660. The Kier molecular flexibility index (Phi) is 6.04. The van der Waals surface area contributed by atoms with E-state index in [1.807, 2.05) is 6.08 Å². The van der Waals surface area contributed by atoms with Crippen LogP contribution in [0.15, 0.2) is 53.1 Å². The van der Waals surface area contributed by atoms with E-state index in [1.165, 1.54) is 12.1 Å². The first-order valence-corrected chi connectivity index (χ1v) is 14.6.